The lowest BCUT2D eigenvalue weighted by Crippen LogP contribution is -2.36. The number of halogens is 2. The van der Waals surface area contributed by atoms with Crippen LogP contribution in [0.4, 0.5) is 0 Å². The molecule has 3 N–H and O–H groups in total. The molecule has 108 valence electrons. The number of nitrogens with one attached hydrogen (secondary N) is 1. The molecular weight excluding hydrogens is 283 g/mol. The maximum absolute atomic E-state index is 11.4. The molecule has 0 aliphatic carbocycles. The molecule has 1 rings (SSSR count). The number of carbonyl (C=O) groups excluding carboxylic acids is 1. The van der Waals surface area contributed by atoms with Crippen LogP contribution in [0.5, 0.6) is 0 Å². The SMILES string of the molecule is CC(C)(CNC(=O)CCN)Cc1cccc(Cl)c1.Cl. The van der Waals surface area contributed by atoms with Crippen molar-refractivity contribution in [1.82, 2.24) is 5.32 Å². The van der Waals surface area contributed by atoms with Gasteiger partial charge >= 0.3 is 0 Å². The molecule has 0 unspecified atom stereocenters. The third-order valence-electron chi connectivity index (χ3n) is 2.71. The van der Waals surface area contributed by atoms with Gasteiger partial charge in [-0.2, -0.15) is 0 Å². The smallest absolute Gasteiger partial charge is 0.221 e. The monoisotopic (exact) mass is 304 g/mol. The van der Waals surface area contributed by atoms with E-state index >= 15 is 0 Å². The number of rotatable bonds is 6. The summed E-state index contributed by atoms with van der Waals surface area (Å²) >= 11 is 5.96. The highest BCUT2D eigenvalue weighted by Gasteiger charge is 2.19. The highest BCUT2D eigenvalue weighted by molar-refractivity contribution is 6.30. The summed E-state index contributed by atoms with van der Waals surface area (Å²) < 4.78 is 0. The fourth-order valence-corrected chi connectivity index (χ4v) is 2.03. The van der Waals surface area contributed by atoms with Crippen LogP contribution in [-0.2, 0) is 11.2 Å². The third-order valence-corrected chi connectivity index (χ3v) is 2.94. The van der Waals surface area contributed by atoms with Crippen LogP contribution in [-0.4, -0.2) is 19.0 Å². The highest BCUT2D eigenvalue weighted by atomic mass is 35.5. The van der Waals surface area contributed by atoms with Gasteiger partial charge in [-0.1, -0.05) is 37.6 Å². The number of hydrogen-bond acceptors (Lipinski definition) is 2. The van der Waals surface area contributed by atoms with Crippen molar-refractivity contribution in [2.75, 3.05) is 13.1 Å². The summed E-state index contributed by atoms with van der Waals surface area (Å²) in [6.45, 7) is 5.27. The van der Waals surface area contributed by atoms with Gasteiger partial charge in [-0.05, 0) is 29.5 Å². The van der Waals surface area contributed by atoms with E-state index in [9.17, 15) is 4.79 Å². The van der Waals surface area contributed by atoms with Crippen LogP contribution in [0.2, 0.25) is 5.02 Å². The molecule has 5 heteroatoms. The van der Waals surface area contributed by atoms with Crippen molar-refractivity contribution in [2.24, 2.45) is 11.1 Å². The van der Waals surface area contributed by atoms with E-state index < -0.39 is 0 Å². The molecule has 0 spiro atoms. The zero-order valence-electron chi connectivity index (χ0n) is 11.4. The van der Waals surface area contributed by atoms with Crippen molar-refractivity contribution in [3.05, 3.63) is 34.9 Å². The summed E-state index contributed by atoms with van der Waals surface area (Å²) in [6, 6.07) is 7.82. The Labute approximate surface area is 126 Å². The first-order chi connectivity index (χ1) is 8.43. The van der Waals surface area contributed by atoms with Gasteiger partial charge in [0.2, 0.25) is 5.91 Å². The van der Waals surface area contributed by atoms with Gasteiger partial charge in [-0.3, -0.25) is 4.79 Å². The lowest BCUT2D eigenvalue weighted by atomic mass is 9.85. The van der Waals surface area contributed by atoms with E-state index in [1.807, 2.05) is 18.2 Å². The van der Waals surface area contributed by atoms with E-state index in [-0.39, 0.29) is 23.7 Å². The van der Waals surface area contributed by atoms with Crippen molar-refractivity contribution in [3.63, 3.8) is 0 Å². The van der Waals surface area contributed by atoms with Gasteiger partial charge in [0.25, 0.3) is 0 Å². The Hall–Kier alpha value is -0.770. The van der Waals surface area contributed by atoms with E-state index in [1.54, 1.807) is 0 Å². The molecule has 0 fully saturated rings. The van der Waals surface area contributed by atoms with Crippen LogP contribution in [0.1, 0.15) is 25.8 Å². The topological polar surface area (TPSA) is 55.1 Å². The average molecular weight is 305 g/mol. The summed E-state index contributed by atoms with van der Waals surface area (Å²) in [4.78, 5) is 11.4. The minimum absolute atomic E-state index is 0. The third kappa shape index (κ3) is 7.41. The van der Waals surface area contributed by atoms with E-state index in [2.05, 4.69) is 25.2 Å². The Kier molecular flexibility index (Phi) is 8.07. The molecule has 19 heavy (non-hydrogen) atoms. The second-order valence-electron chi connectivity index (χ2n) is 5.29. The molecule has 0 aliphatic heterocycles. The van der Waals surface area contributed by atoms with Gasteiger partial charge in [0, 0.05) is 24.5 Å². The molecule has 1 aromatic rings. The molecule has 0 bridgehead atoms. The van der Waals surface area contributed by atoms with Gasteiger partial charge < -0.3 is 11.1 Å². The fraction of sp³-hybridized carbons (Fsp3) is 0.500. The van der Waals surface area contributed by atoms with E-state index in [0.29, 0.717) is 19.5 Å². The summed E-state index contributed by atoms with van der Waals surface area (Å²) in [7, 11) is 0. The zero-order valence-corrected chi connectivity index (χ0v) is 13.0. The first-order valence-corrected chi connectivity index (χ1v) is 6.52. The molecule has 0 aromatic heterocycles. The molecule has 0 saturated carbocycles. The Bertz CT molecular complexity index is 408. The summed E-state index contributed by atoms with van der Waals surface area (Å²) in [6.07, 6.45) is 1.25. The first-order valence-electron chi connectivity index (χ1n) is 6.14. The maximum Gasteiger partial charge on any atom is 0.221 e. The van der Waals surface area contributed by atoms with E-state index in [0.717, 1.165) is 11.4 Å². The summed E-state index contributed by atoms with van der Waals surface area (Å²) in [5.74, 6) is 0.0108. The van der Waals surface area contributed by atoms with Crippen LogP contribution < -0.4 is 11.1 Å². The molecule has 3 nitrogen and oxygen atoms in total. The quantitative estimate of drug-likeness (QED) is 0.849. The molecular formula is C14H22Cl2N2O. The van der Waals surface area contributed by atoms with E-state index in [4.69, 9.17) is 17.3 Å². The lowest BCUT2D eigenvalue weighted by Gasteiger charge is -2.25. The minimum atomic E-state index is -0.00502. The number of nitrogens with two attached hydrogens (primary N) is 1. The Morgan fingerprint density at radius 3 is 2.68 bits per heavy atom. The van der Waals surface area contributed by atoms with Gasteiger partial charge in [-0.15, -0.1) is 12.4 Å². The van der Waals surface area contributed by atoms with Gasteiger partial charge in [0.05, 0.1) is 0 Å². The standard InChI is InChI=1S/C14H21ClN2O.ClH/c1-14(2,10-17-13(18)6-7-16)9-11-4-3-5-12(15)8-11;/h3-5,8H,6-7,9-10,16H2,1-2H3,(H,17,18);1H. The highest BCUT2D eigenvalue weighted by Crippen LogP contribution is 2.22. The van der Waals surface area contributed by atoms with Crippen molar-refractivity contribution < 1.29 is 4.79 Å². The van der Waals surface area contributed by atoms with Crippen molar-refractivity contribution in [1.29, 1.82) is 0 Å². The fourth-order valence-electron chi connectivity index (χ4n) is 1.82. The second kappa shape index (κ2) is 8.41. The van der Waals surface area contributed by atoms with Crippen molar-refractivity contribution in [3.8, 4) is 0 Å². The molecule has 0 heterocycles. The predicted molar refractivity (Wildman–Crippen MR) is 82.9 cm³/mol. The first kappa shape index (κ1) is 18.2. The Morgan fingerprint density at radius 1 is 1.42 bits per heavy atom. The van der Waals surface area contributed by atoms with Crippen molar-refractivity contribution in [2.45, 2.75) is 26.7 Å². The molecule has 0 atom stereocenters. The number of hydrogen-bond donors (Lipinski definition) is 2. The van der Waals surface area contributed by atoms with Gasteiger partial charge in [0.1, 0.15) is 0 Å². The van der Waals surface area contributed by atoms with Crippen LogP contribution in [0.15, 0.2) is 24.3 Å². The minimum Gasteiger partial charge on any atom is -0.356 e. The van der Waals surface area contributed by atoms with Crippen LogP contribution >= 0.6 is 24.0 Å². The largest absolute Gasteiger partial charge is 0.356 e. The molecule has 0 radical (unpaired) electrons. The zero-order chi connectivity index (χ0) is 13.6. The molecule has 0 saturated heterocycles. The second-order valence-corrected chi connectivity index (χ2v) is 5.72. The summed E-state index contributed by atoms with van der Waals surface area (Å²) in [5, 5.41) is 3.65. The van der Waals surface area contributed by atoms with Crippen LogP contribution in [0, 0.1) is 5.41 Å². The van der Waals surface area contributed by atoms with Gasteiger partial charge in [-0.25, -0.2) is 0 Å². The summed E-state index contributed by atoms with van der Waals surface area (Å²) in [5.41, 5.74) is 6.51. The number of carbonyl (C=O) groups is 1. The number of benzene rings is 1. The van der Waals surface area contributed by atoms with Crippen LogP contribution in [0.25, 0.3) is 0 Å². The van der Waals surface area contributed by atoms with Gasteiger partial charge in [0.15, 0.2) is 0 Å². The average Bonchev–Trinajstić information content (AvgIpc) is 2.26. The lowest BCUT2D eigenvalue weighted by molar-refractivity contribution is -0.121. The molecule has 1 amide bonds. The Morgan fingerprint density at radius 2 is 2.11 bits per heavy atom. The predicted octanol–water partition coefficient (Wildman–Crippen LogP) is 2.80. The Balaban J connectivity index is 0.00000324. The number of amides is 1. The normalized spacial score (nSPS) is 10.7. The van der Waals surface area contributed by atoms with Crippen LogP contribution in [0.3, 0.4) is 0 Å². The molecule has 1 aromatic carbocycles. The van der Waals surface area contributed by atoms with E-state index in [1.165, 1.54) is 5.56 Å². The molecule has 0 aliphatic rings. The maximum atomic E-state index is 11.4. The van der Waals surface area contributed by atoms with Crippen molar-refractivity contribution >= 4 is 29.9 Å².